The highest BCUT2D eigenvalue weighted by Crippen LogP contribution is 2.13. The highest BCUT2D eigenvalue weighted by atomic mass is 32.2. The first-order valence-corrected chi connectivity index (χ1v) is 10.1. The van der Waals surface area contributed by atoms with Gasteiger partial charge in [0.2, 0.25) is 15.9 Å². The number of ketones is 1. The van der Waals surface area contributed by atoms with Crippen LogP contribution in [0.5, 0.6) is 0 Å². The van der Waals surface area contributed by atoms with Crippen LogP contribution in [-0.4, -0.2) is 37.2 Å². The second-order valence-corrected chi connectivity index (χ2v) is 8.14. The Kier molecular flexibility index (Phi) is 6.81. The van der Waals surface area contributed by atoms with E-state index in [1.165, 1.54) is 35.5 Å². The third kappa shape index (κ3) is 6.58. The second kappa shape index (κ2) is 8.88. The van der Waals surface area contributed by atoms with E-state index in [0.717, 1.165) is 6.26 Å². The smallest absolute Gasteiger partial charge is 0.225 e. The molecule has 2 aromatic rings. The molecule has 144 valence electrons. The number of carbonyl (C=O) groups is 2. The van der Waals surface area contributed by atoms with Crippen LogP contribution in [0.2, 0.25) is 0 Å². The number of rotatable bonds is 8. The second-order valence-electron chi connectivity index (χ2n) is 6.15. The third-order valence-corrected chi connectivity index (χ3v) is 5.15. The molecule has 6 nitrogen and oxygen atoms in total. The Morgan fingerprint density at radius 1 is 1.04 bits per heavy atom. The molecule has 2 rings (SSSR count). The molecule has 0 bridgehead atoms. The van der Waals surface area contributed by atoms with E-state index in [2.05, 4.69) is 5.32 Å². The van der Waals surface area contributed by atoms with Crippen molar-refractivity contribution in [2.24, 2.45) is 0 Å². The van der Waals surface area contributed by atoms with E-state index >= 15 is 0 Å². The van der Waals surface area contributed by atoms with Gasteiger partial charge in [0.05, 0.1) is 6.26 Å². The van der Waals surface area contributed by atoms with Crippen LogP contribution in [-0.2, 0) is 21.4 Å². The molecule has 0 saturated heterocycles. The molecule has 0 spiro atoms. The molecule has 0 atom stereocenters. The topological polar surface area (TPSA) is 83.6 Å². The molecule has 0 aliphatic rings. The van der Waals surface area contributed by atoms with E-state index in [-0.39, 0.29) is 31.2 Å². The third-order valence-electron chi connectivity index (χ3n) is 3.90. The van der Waals surface area contributed by atoms with Gasteiger partial charge >= 0.3 is 0 Å². The summed E-state index contributed by atoms with van der Waals surface area (Å²) in [6, 6.07) is 12.0. The summed E-state index contributed by atoms with van der Waals surface area (Å²) in [7, 11) is -3.53. The fourth-order valence-electron chi connectivity index (χ4n) is 2.39. The Morgan fingerprint density at radius 3 is 2.15 bits per heavy atom. The van der Waals surface area contributed by atoms with Gasteiger partial charge in [0.1, 0.15) is 5.82 Å². The van der Waals surface area contributed by atoms with Crippen LogP contribution >= 0.6 is 0 Å². The van der Waals surface area contributed by atoms with Gasteiger partial charge in [0, 0.05) is 30.8 Å². The van der Waals surface area contributed by atoms with E-state index in [1.54, 1.807) is 24.3 Å². The highest BCUT2D eigenvalue weighted by molar-refractivity contribution is 7.88. The predicted octanol–water partition coefficient (Wildman–Crippen LogP) is 2.82. The molecule has 1 amide bonds. The zero-order valence-electron chi connectivity index (χ0n) is 15.1. The van der Waals surface area contributed by atoms with E-state index in [1.807, 2.05) is 0 Å². The largest absolute Gasteiger partial charge is 0.326 e. The molecule has 0 heterocycles. The fraction of sp³-hybridized carbons (Fsp3) is 0.263. The molecule has 0 aromatic heterocycles. The lowest BCUT2D eigenvalue weighted by atomic mass is 10.1. The molecule has 27 heavy (non-hydrogen) atoms. The highest BCUT2D eigenvalue weighted by Gasteiger charge is 2.18. The van der Waals surface area contributed by atoms with Gasteiger partial charge in [-0.15, -0.1) is 0 Å². The first-order chi connectivity index (χ1) is 12.6. The molecule has 0 aliphatic carbocycles. The minimum atomic E-state index is -3.53. The number of nitrogens with one attached hydrogen (secondary N) is 1. The van der Waals surface area contributed by atoms with Crippen molar-refractivity contribution in [2.45, 2.75) is 19.9 Å². The summed E-state index contributed by atoms with van der Waals surface area (Å²) in [6.45, 7) is 1.50. The summed E-state index contributed by atoms with van der Waals surface area (Å²) >= 11 is 0. The zero-order valence-corrected chi connectivity index (χ0v) is 15.9. The van der Waals surface area contributed by atoms with Crippen molar-refractivity contribution < 1.29 is 22.4 Å². The lowest BCUT2D eigenvalue weighted by Crippen LogP contribution is -2.32. The number of amides is 1. The summed E-state index contributed by atoms with van der Waals surface area (Å²) in [5.41, 5.74) is 1.69. The maximum Gasteiger partial charge on any atom is 0.225 e. The molecule has 0 radical (unpaired) electrons. The van der Waals surface area contributed by atoms with Crippen LogP contribution in [0.15, 0.2) is 48.5 Å². The summed E-state index contributed by atoms with van der Waals surface area (Å²) in [5.74, 6) is -0.823. The SMILES string of the molecule is CC(=O)c1ccc(NC(=O)CCN(Cc2ccc(F)cc2)S(C)(=O)=O)cc1. The van der Waals surface area contributed by atoms with Gasteiger partial charge in [-0.25, -0.2) is 12.8 Å². The van der Waals surface area contributed by atoms with Crippen LogP contribution in [0, 0.1) is 5.82 Å². The number of benzene rings is 2. The molecule has 0 fully saturated rings. The standard InChI is InChI=1S/C19H21FN2O4S/c1-14(23)16-5-9-18(10-6-16)21-19(24)11-12-22(27(2,25)26)13-15-3-7-17(20)8-4-15/h3-10H,11-13H2,1-2H3,(H,21,24). The molecule has 0 aliphatic heterocycles. The number of Topliss-reactive ketones (excluding diaryl/α,β-unsaturated/α-hetero) is 1. The summed E-state index contributed by atoms with van der Waals surface area (Å²) in [4.78, 5) is 23.4. The number of anilines is 1. The first kappa shape index (κ1) is 20.7. The lowest BCUT2D eigenvalue weighted by molar-refractivity contribution is -0.116. The minimum Gasteiger partial charge on any atom is -0.326 e. The van der Waals surface area contributed by atoms with Crippen molar-refractivity contribution >= 4 is 27.4 Å². The summed E-state index contributed by atoms with van der Waals surface area (Å²) < 4.78 is 38.1. The average Bonchev–Trinajstić information content (AvgIpc) is 2.59. The Balaban J connectivity index is 1.96. The summed E-state index contributed by atoms with van der Waals surface area (Å²) in [5, 5.41) is 2.66. The monoisotopic (exact) mass is 392 g/mol. The van der Waals surface area contributed by atoms with Gasteiger partial charge in [-0.1, -0.05) is 12.1 Å². The van der Waals surface area contributed by atoms with Gasteiger partial charge in [0.25, 0.3) is 0 Å². The number of sulfonamides is 1. The van der Waals surface area contributed by atoms with Crippen molar-refractivity contribution in [2.75, 3.05) is 18.1 Å². The van der Waals surface area contributed by atoms with Crippen molar-refractivity contribution in [1.82, 2.24) is 4.31 Å². The molecule has 0 unspecified atom stereocenters. The van der Waals surface area contributed by atoms with Crippen LogP contribution in [0.4, 0.5) is 10.1 Å². The van der Waals surface area contributed by atoms with Gasteiger partial charge < -0.3 is 5.32 Å². The fourth-order valence-corrected chi connectivity index (χ4v) is 3.20. The number of hydrogen-bond acceptors (Lipinski definition) is 4. The number of nitrogens with zero attached hydrogens (tertiary/aromatic N) is 1. The Labute approximate surface area is 158 Å². The molecule has 2 aromatic carbocycles. The van der Waals surface area contributed by atoms with Crippen molar-refractivity contribution in [1.29, 1.82) is 0 Å². The normalized spacial score (nSPS) is 11.4. The molecule has 0 saturated carbocycles. The summed E-state index contributed by atoms with van der Waals surface area (Å²) in [6.07, 6.45) is 1.03. The number of carbonyl (C=O) groups excluding carboxylic acids is 2. The Bertz CT molecular complexity index is 910. The van der Waals surface area contributed by atoms with Gasteiger partial charge in [-0.3, -0.25) is 9.59 Å². The van der Waals surface area contributed by atoms with Crippen molar-refractivity contribution in [3.05, 3.63) is 65.5 Å². The predicted molar refractivity (Wildman–Crippen MR) is 101 cm³/mol. The number of halogens is 1. The number of hydrogen-bond donors (Lipinski definition) is 1. The van der Waals surface area contributed by atoms with Crippen LogP contribution in [0.25, 0.3) is 0 Å². The van der Waals surface area contributed by atoms with Crippen molar-refractivity contribution in [3.63, 3.8) is 0 Å². The van der Waals surface area contributed by atoms with Gasteiger partial charge in [0.15, 0.2) is 5.78 Å². The lowest BCUT2D eigenvalue weighted by Gasteiger charge is -2.20. The van der Waals surface area contributed by atoms with Crippen LogP contribution < -0.4 is 5.32 Å². The minimum absolute atomic E-state index is 0.00638. The van der Waals surface area contributed by atoms with E-state index in [4.69, 9.17) is 0 Å². The van der Waals surface area contributed by atoms with E-state index in [0.29, 0.717) is 16.8 Å². The Morgan fingerprint density at radius 2 is 1.63 bits per heavy atom. The van der Waals surface area contributed by atoms with Gasteiger partial charge in [-0.2, -0.15) is 4.31 Å². The van der Waals surface area contributed by atoms with Crippen LogP contribution in [0.3, 0.4) is 0 Å². The van der Waals surface area contributed by atoms with E-state index in [9.17, 15) is 22.4 Å². The molecular formula is C19H21FN2O4S. The maximum absolute atomic E-state index is 13.0. The van der Waals surface area contributed by atoms with Gasteiger partial charge in [-0.05, 0) is 48.9 Å². The molecular weight excluding hydrogens is 371 g/mol. The first-order valence-electron chi connectivity index (χ1n) is 8.25. The van der Waals surface area contributed by atoms with Crippen LogP contribution in [0.1, 0.15) is 29.3 Å². The molecule has 1 N–H and O–H groups in total. The average molecular weight is 392 g/mol. The van der Waals surface area contributed by atoms with Crippen molar-refractivity contribution in [3.8, 4) is 0 Å². The van der Waals surface area contributed by atoms with E-state index < -0.39 is 15.8 Å². The maximum atomic E-state index is 13.0. The quantitative estimate of drug-likeness (QED) is 0.700. The Hall–Kier alpha value is -2.58. The molecule has 8 heteroatoms. The zero-order chi connectivity index (χ0) is 20.0.